The first-order valence-corrected chi connectivity index (χ1v) is 8.14. The molecule has 2 aliphatic heterocycles. The van der Waals surface area contributed by atoms with Crippen LogP contribution in [0.4, 0.5) is 4.79 Å². The molecule has 1 unspecified atom stereocenters. The summed E-state index contributed by atoms with van der Waals surface area (Å²) < 4.78 is 10.6. The Balaban J connectivity index is 1.51. The smallest absolute Gasteiger partial charge is 0.410 e. The second-order valence-corrected chi connectivity index (χ2v) is 6.15. The molecule has 2 fully saturated rings. The van der Waals surface area contributed by atoms with Gasteiger partial charge in [-0.15, -0.1) is 0 Å². The van der Waals surface area contributed by atoms with Crippen molar-refractivity contribution in [2.45, 2.75) is 18.6 Å². The van der Waals surface area contributed by atoms with Gasteiger partial charge in [-0.2, -0.15) is 0 Å². The van der Waals surface area contributed by atoms with Gasteiger partial charge in [-0.1, -0.05) is 30.3 Å². The lowest BCUT2D eigenvalue weighted by Gasteiger charge is -2.42. The van der Waals surface area contributed by atoms with Crippen LogP contribution in [0.3, 0.4) is 0 Å². The van der Waals surface area contributed by atoms with E-state index in [4.69, 9.17) is 9.47 Å². The molecule has 1 aromatic carbocycles. The van der Waals surface area contributed by atoms with Gasteiger partial charge in [-0.05, 0) is 5.56 Å². The fraction of sp³-hybridized carbons (Fsp3) is 0.529. The van der Waals surface area contributed by atoms with Gasteiger partial charge in [-0.25, -0.2) is 4.79 Å². The van der Waals surface area contributed by atoms with Gasteiger partial charge in [0.15, 0.2) is 0 Å². The summed E-state index contributed by atoms with van der Waals surface area (Å²) in [6.45, 7) is 2.86. The third-order valence-corrected chi connectivity index (χ3v) is 4.75. The zero-order valence-corrected chi connectivity index (χ0v) is 13.5. The Labute approximate surface area is 140 Å². The predicted octanol–water partition coefficient (Wildman–Crippen LogP) is 1.18. The number of ether oxygens (including phenoxy) is 2. The van der Waals surface area contributed by atoms with Crippen molar-refractivity contribution in [2.24, 2.45) is 0 Å². The second-order valence-electron chi connectivity index (χ2n) is 6.15. The van der Waals surface area contributed by atoms with Gasteiger partial charge < -0.3 is 19.5 Å². The normalized spacial score (nSPS) is 24.8. The number of carboxylic acids is 1. The quantitative estimate of drug-likeness (QED) is 0.891. The van der Waals surface area contributed by atoms with Crippen molar-refractivity contribution in [1.29, 1.82) is 0 Å². The number of hydrogen-bond donors (Lipinski definition) is 1. The van der Waals surface area contributed by atoms with E-state index in [-0.39, 0.29) is 19.3 Å². The van der Waals surface area contributed by atoms with E-state index in [1.54, 1.807) is 4.90 Å². The molecule has 130 valence electrons. The van der Waals surface area contributed by atoms with Gasteiger partial charge >= 0.3 is 12.1 Å². The van der Waals surface area contributed by atoms with Gasteiger partial charge in [0.05, 0.1) is 6.61 Å². The highest BCUT2D eigenvalue weighted by molar-refractivity contribution is 5.79. The number of benzene rings is 1. The van der Waals surface area contributed by atoms with Gasteiger partial charge in [0.2, 0.25) is 0 Å². The lowest BCUT2D eigenvalue weighted by atomic mass is 9.95. The predicted molar refractivity (Wildman–Crippen MR) is 85.6 cm³/mol. The first kappa shape index (κ1) is 16.7. The minimum atomic E-state index is -0.944. The standard InChI is InChI=1S/C17H22N2O5/c20-15(21)17(6-11-23-13-17)19-9-7-18(8-10-19)16(22)24-12-14-4-2-1-3-5-14/h1-5H,6-13H2,(H,20,21). The van der Waals surface area contributed by atoms with Crippen molar-refractivity contribution in [1.82, 2.24) is 9.80 Å². The fourth-order valence-corrected chi connectivity index (χ4v) is 3.24. The monoisotopic (exact) mass is 334 g/mol. The van der Waals surface area contributed by atoms with E-state index >= 15 is 0 Å². The molecule has 1 N–H and O–H groups in total. The Morgan fingerprint density at radius 2 is 1.88 bits per heavy atom. The van der Waals surface area contributed by atoms with Gasteiger partial charge in [0, 0.05) is 39.2 Å². The molecule has 7 heteroatoms. The van der Waals surface area contributed by atoms with Crippen LogP contribution in [0.1, 0.15) is 12.0 Å². The molecule has 0 spiro atoms. The molecule has 2 saturated heterocycles. The summed E-state index contributed by atoms with van der Waals surface area (Å²) in [5.74, 6) is -0.847. The Kier molecular flexibility index (Phi) is 5.01. The molecule has 3 rings (SSSR count). The highest BCUT2D eigenvalue weighted by atomic mass is 16.6. The lowest BCUT2D eigenvalue weighted by Crippen LogP contribution is -2.61. The average Bonchev–Trinajstić information content (AvgIpc) is 3.12. The highest BCUT2D eigenvalue weighted by Crippen LogP contribution is 2.28. The zero-order valence-electron chi connectivity index (χ0n) is 13.5. The van der Waals surface area contributed by atoms with E-state index in [0.717, 1.165) is 5.56 Å². The molecule has 2 heterocycles. The molecule has 1 amide bonds. The average molecular weight is 334 g/mol. The van der Waals surface area contributed by atoms with Crippen LogP contribution in [0.25, 0.3) is 0 Å². The number of nitrogens with zero attached hydrogens (tertiary/aromatic N) is 2. The molecule has 0 saturated carbocycles. The molecular formula is C17H22N2O5. The van der Waals surface area contributed by atoms with Crippen LogP contribution < -0.4 is 0 Å². The Morgan fingerprint density at radius 1 is 1.17 bits per heavy atom. The van der Waals surface area contributed by atoms with Crippen LogP contribution in [0.2, 0.25) is 0 Å². The molecule has 24 heavy (non-hydrogen) atoms. The number of piperazine rings is 1. The molecule has 0 aliphatic carbocycles. The molecule has 0 aromatic heterocycles. The van der Waals surface area contributed by atoms with E-state index < -0.39 is 11.5 Å². The van der Waals surface area contributed by atoms with Crippen LogP contribution >= 0.6 is 0 Å². The summed E-state index contributed by atoms with van der Waals surface area (Å²) >= 11 is 0. The Hall–Kier alpha value is -2.12. The van der Waals surface area contributed by atoms with E-state index in [1.165, 1.54) is 0 Å². The van der Waals surface area contributed by atoms with Crippen LogP contribution in [0, 0.1) is 0 Å². The van der Waals surface area contributed by atoms with Crippen molar-refractivity contribution >= 4 is 12.1 Å². The van der Waals surface area contributed by atoms with E-state index in [9.17, 15) is 14.7 Å². The number of carboxylic acid groups (broad SMARTS) is 1. The minimum absolute atomic E-state index is 0.209. The first-order chi connectivity index (χ1) is 11.6. The Morgan fingerprint density at radius 3 is 2.46 bits per heavy atom. The largest absolute Gasteiger partial charge is 0.480 e. The van der Waals surface area contributed by atoms with Gasteiger partial charge in [0.25, 0.3) is 0 Å². The van der Waals surface area contributed by atoms with Crippen molar-refractivity contribution in [3.05, 3.63) is 35.9 Å². The summed E-state index contributed by atoms with van der Waals surface area (Å²) in [5.41, 5.74) is -0.00236. The number of carbonyl (C=O) groups is 2. The molecular weight excluding hydrogens is 312 g/mol. The molecule has 7 nitrogen and oxygen atoms in total. The minimum Gasteiger partial charge on any atom is -0.480 e. The summed E-state index contributed by atoms with van der Waals surface area (Å²) in [5, 5.41) is 9.57. The zero-order chi connectivity index (χ0) is 17.0. The van der Waals surface area contributed by atoms with Crippen molar-refractivity contribution in [2.75, 3.05) is 39.4 Å². The summed E-state index contributed by atoms with van der Waals surface area (Å²) in [4.78, 5) is 27.4. The molecule has 1 aromatic rings. The van der Waals surface area contributed by atoms with Crippen LogP contribution in [-0.2, 0) is 20.9 Å². The van der Waals surface area contributed by atoms with E-state index in [1.807, 2.05) is 35.2 Å². The van der Waals surface area contributed by atoms with Gasteiger partial charge in [-0.3, -0.25) is 9.69 Å². The first-order valence-electron chi connectivity index (χ1n) is 8.14. The Bertz CT molecular complexity index is 578. The van der Waals surface area contributed by atoms with Crippen molar-refractivity contribution in [3.8, 4) is 0 Å². The molecule has 0 radical (unpaired) electrons. The summed E-state index contributed by atoms with van der Waals surface area (Å²) in [6.07, 6.45) is 0.131. The number of aliphatic carboxylic acids is 1. The maximum Gasteiger partial charge on any atom is 0.410 e. The maximum atomic E-state index is 12.2. The van der Waals surface area contributed by atoms with Gasteiger partial charge in [0.1, 0.15) is 12.1 Å². The maximum absolute atomic E-state index is 12.2. The lowest BCUT2D eigenvalue weighted by molar-refractivity contribution is -0.153. The summed E-state index contributed by atoms with van der Waals surface area (Å²) in [7, 11) is 0. The number of rotatable bonds is 4. The number of hydrogen-bond acceptors (Lipinski definition) is 5. The molecule has 0 bridgehead atoms. The van der Waals surface area contributed by atoms with Crippen molar-refractivity contribution in [3.63, 3.8) is 0 Å². The molecule has 1 atom stereocenters. The topological polar surface area (TPSA) is 79.3 Å². The second kappa shape index (κ2) is 7.19. The van der Waals surface area contributed by atoms with Crippen LogP contribution in [0.5, 0.6) is 0 Å². The number of amides is 1. The number of carbonyl (C=O) groups excluding carboxylic acids is 1. The van der Waals surface area contributed by atoms with Crippen LogP contribution in [-0.4, -0.2) is 71.9 Å². The fourth-order valence-electron chi connectivity index (χ4n) is 3.24. The third-order valence-electron chi connectivity index (χ3n) is 4.75. The SMILES string of the molecule is O=C(OCc1ccccc1)N1CCN(C2(C(=O)O)CCOC2)CC1. The van der Waals surface area contributed by atoms with Crippen LogP contribution in [0.15, 0.2) is 30.3 Å². The van der Waals surface area contributed by atoms with E-state index in [0.29, 0.717) is 39.2 Å². The third kappa shape index (κ3) is 3.37. The summed E-state index contributed by atoms with van der Waals surface area (Å²) in [6, 6.07) is 9.52. The molecule has 2 aliphatic rings. The van der Waals surface area contributed by atoms with Crippen molar-refractivity contribution < 1.29 is 24.2 Å². The van der Waals surface area contributed by atoms with E-state index in [2.05, 4.69) is 0 Å². The highest BCUT2D eigenvalue weighted by Gasteiger charge is 2.48.